The number of carbonyl (C=O) groups excluding carboxylic acids is 2. The minimum absolute atomic E-state index is 0.282. The van der Waals surface area contributed by atoms with Crippen molar-refractivity contribution in [2.45, 2.75) is 58.8 Å². The third-order valence-corrected chi connectivity index (χ3v) is 3.70. The van der Waals surface area contributed by atoms with Crippen molar-refractivity contribution in [1.82, 2.24) is 5.32 Å². The third kappa shape index (κ3) is 7.77. The predicted molar refractivity (Wildman–Crippen MR) is 90.8 cm³/mol. The first kappa shape index (κ1) is 19.1. The molecule has 23 heavy (non-hydrogen) atoms. The number of hydrogen-bond donors (Lipinski definition) is 2. The second-order valence-corrected chi connectivity index (χ2v) is 5.80. The topological polar surface area (TPSA) is 58.2 Å². The van der Waals surface area contributed by atoms with Gasteiger partial charge in [0.1, 0.15) is 5.82 Å². The molecule has 5 heteroatoms. The second-order valence-electron chi connectivity index (χ2n) is 5.80. The van der Waals surface area contributed by atoms with E-state index in [1.54, 1.807) is 19.1 Å². The molecule has 0 aromatic heterocycles. The van der Waals surface area contributed by atoms with E-state index in [1.807, 2.05) is 0 Å². The van der Waals surface area contributed by atoms with Gasteiger partial charge in [-0.1, -0.05) is 51.5 Å². The Bertz CT molecular complexity index is 518. The number of amides is 2. The fraction of sp³-hybridized carbons (Fsp3) is 0.556. The van der Waals surface area contributed by atoms with Gasteiger partial charge in [-0.05, 0) is 31.0 Å². The lowest BCUT2D eigenvalue weighted by Gasteiger charge is -2.07. The van der Waals surface area contributed by atoms with E-state index < -0.39 is 17.6 Å². The number of anilines is 1. The lowest BCUT2D eigenvalue weighted by Crippen LogP contribution is -2.35. The number of halogens is 1. The molecule has 0 fully saturated rings. The minimum Gasteiger partial charge on any atom is -0.348 e. The van der Waals surface area contributed by atoms with Crippen LogP contribution in [-0.4, -0.2) is 18.4 Å². The van der Waals surface area contributed by atoms with Crippen LogP contribution >= 0.6 is 0 Å². The van der Waals surface area contributed by atoms with Crippen LogP contribution in [0.5, 0.6) is 0 Å². The molecule has 4 nitrogen and oxygen atoms in total. The van der Waals surface area contributed by atoms with Gasteiger partial charge < -0.3 is 10.6 Å². The van der Waals surface area contributed by atoms with Crippen molar-refractivity contribution >= 4 is 17.5 Å². The van der Waals surface area contributed by atoms with Gasteiger partial charge >= 0.3 is 11.8 Å². The molecular weight excluding hydrogens is 295 g/mol. The number of hydrogen-bond acceptors (Lipinski definition) is 2. The molecule has 1 aromatic carbocycles. The number of carbonyl (C=O) groups is 2. The fourth-order valence-corrected chi connectivity index (χ4v) is 2.22. The average molecular weight is 322 g/mol. The zero-order valence-electron chi connectivity index (χ0n) is 14.1. The van der Waals surface area contributed by atoms with Crippen LogP contribution in [0.4, 0.5) is 10.1 Å². The molecule has 0 bridgehead atoms. The Morgan fingerprint density at radius 1 is 1.00 bits per heavy atom. The molecule has 0 unspecified atom stereocenters. The van der Waals surface area contributed by atoms with Crippen LogP contribution in [0, 0.1) is 12.7 Å². The molecule has 2 N–H and O–H groups in total. The Kier molecular flexibility index (Phi) is 8.95. The predicted octanol–water partition coefficient (Wildman–Crippen LogP) is 3.94. The van der Waals surface area contributed by atoms with E-state index in [-0.39, 0.29) is 5.69 Å². The molecule has 0 saturated carbocycles. The van der Waals surface area contributed by atoms with Gasteiger partial charge in [0, 0.05) is 12.2 Å². The standard InChI is InChI=1S/C18H27FN2O2/c1-3-4-5-6-7-8-9-12-20-17(22)18(23)21-15-11-10-14(2)16(19)13-15/h10-11,13H,3-9,12H2,1-2H3,(H,20,22)(H,21,23). The molecule has 0 atom stereocenters. The second kappa shape index (κ2) is 10.8. The Balaban J connectivity index is 2.19. The van der Waals surface area contributed by atoms with Crippen molar-refractivity contribution in [3.8, 4) is 0 Å². The lowest BCUT2D eigenvalue weighted by molar-refractivity contribution is -0.136. The molecule has 0 radical (unpaired) electrons. The maximum absolute atomic E-state index is 13.4. The first-order chi connectivity index (χ1) is 11.0. The van der Waals surface area contributed by atoms with Crippen LogP contribution in [0.2, 0.25) is 0 Å². The third-order valence-electron chi connectivity index (χ3n) is 3.70. The van der Waals surface area contributed by atoms with E-state index >= 15 is 0 Å². The molecule has 0 aliphatic carbocycles. The van der Waals surface area contributed by atoms with E-state index in [2.05, 4.69) is 17.6 Å². The molecule has 1 rings (SSSR count). The maximum atomic E-state index is 13.4. The zero-order chi connectivity index (χ0) is 17.1. The van der Waals surface area contributed by atoms with Crippen LogP contribution in [0.1, 0.15) is 57.4 Å². The molecule has 0 heterocycles. The largest absolute Gasteiger partial charge is 0.348 e. The highest BCUT2D eigenvalue weighted by Crippen LogP contribution is 2.13. The lowest BCUT2D eigenvalue weighted by atomic mass is 10.1. The van der Waals surface area contributed by atoms with Gasteiger partial charge in [0.15, 0.2) is 0 Å². The van der Waals surface area contributed by atoms with Crippen molar-refractivity contribution < 1.29 is 14.0 Å². The summed E-state index contributed by atoms with van der Waals surface area (Å²) in [7, 11) is 0. The summed E-state index contributed by atoms with van der Waals surface area (Å²) in [5.74, 6) is -1.86. The highest BCUT2D eigenvalue weighted by Gasteiger charge is 2.13. The Morgan fingerprint density at radius 3 is 2.30 bits per heavy atom. The van der Waals surface area contributed by atoms with Crippen molar-refractivity contribution in [3.63, 3.8) is 0 Å². The summed E-state index contributed by atoms with van der Waals surface area (Å²) in [6.07, 6.45) is 8.07. The van der Waals surface area contributed by atoms with Gasteiger partial charge in [-0.15, -0.1) is 0 Å². The first-order valence-electron chi connectivity index (χ1n) is 8.40. The molecule has 128 valence electrons. The highest BCUT2D eigenvalue weighted by atomic mass is 19.1. The quantitative estimate of drug-likeness (QED) is 0.534. The van der Waals surface area contributed by atoms with Gasteiger partial charge in [-0.25, -0.2) is 4.39 Å². The number of nitrogens with one attached hydrogen (secondary N) is 2. The molecular formula is C18H27FN2O2. The van der Waals surface area contributed by atoms with E-state index in [0.29, 0.717) is 12.1 Å². The van der Waals surface area contributed by atoms with Crippen LogP contribution in [0.25, 0.3) is 0 Å². The summed E-state index contributed by atoms with van der Waals surface area (Å²) in [6.45, 7) is 4.31. The van der Waals surface area contributed by atoms with Crippen LogP contribution < -0.4 is 10.6 Å². The first-order valence-corrected chi connectivity index (χ1v) is 8.40. The van der Waals surface area contributed by atoms with Crippen molar-refractivity contribution in [1.29, 1.82) is 0 Å². The summed E-state index contributed by atoms with van der Waals surface area (Å²) in [5.41, 5.74) is 0.774. The summed E-state index contributed by atoms with van der Waals surface area (Å²) < 4.78 is 13.4. The average Bonchev–Trinajstić information content (AvgIpc) is 2.53. The van der Waals surface area contributed by atoms with E-state index in [1.165, 1.54) is 31.7 Å². The molecule has 0 saturated heterocycles. The van der Waals surface area contributed by atoms with Gasteiger partial charge in [-0.3, -0.25) is 9.59 Å². The Hall–Kier alpha value is -1.91. The highest BCUT2D eigenvalue weighted by molar-refractivity contribution is 6.39. The molecule has 0 spiro atoms. The summed E-state index contributed by atoms with van der Waals surface area (Å²) in [4.78, 5) is 23.4. The smallest absolute Gasteiger partial charge is 0.313 e. The van der Waals surface area contributed by atoms with E-state index in [4.69, 9.17) is 0 Å². The normalized spacial score (nSPS) is 10.4. The Morgan fingerprint density at radius 2 is 1.65 bits per heavy atom. The minimum atomic E-state index is -0.767. The molecule has 0 aliphatic rings. The SMILES string of the molecule is CCCCCCCCCNC(=O)C(=O)Nc1ccc(C)c(F)c1. The van der Waals surface area contributed by atoms with Crippen LogP contribution in [0.3, 0.4) is 0 Å². The molecule has 2 amide bonds. The van der Waals surface area contributed by atoms with Crippen molar-refractivity contribution in [2.24, 2.45) is 0 Å². The van der Waals surface area contributed by atoms with Gasteiger partial charge in [-0.2, -0.15) is 0 Å². The van der Waals surface area contributed by atoms with Crippen molar-refractivity contribution in [3.05, 3.63) is 29.6 Å². The number of rotatable bonds is 9. The van der Waals surface area contributed by atoms with Crippen molar-refractivity contribution in [2.75, 3.05) is 11.9 Å². The zero-order valence-corrected chi connectivity index (χ0v) is 14.1. The van der Waals surface area contributed by atoms with E-state index in [9.17, 15) is 14.0 Å². The van der Waals surface area contributed by atoms with Gasteiger partial charge in [0.25, 0.3) is 0 Å². The fourth-order valence-electron chi connectivity index (χ4n) is 2.22. The Labute approximate surface area is 137 Å². The van der Waals surface area contributed by atoms with Crippen LogP contribution in [-0.2, 0) is 9.59 Å². The summed E-state index contributed by atoms with van der Waals surface area (Å²) in [5, 5.41) is 4.98. The molecule has 0 aliphatic heterocycles. The molecule has 1 aromatic rings. The monoisotopic (exact) mass is 322 g/mol. The number of unbranched alkanes of at least 4 members (excludes halogenated alkanes) is 6. The summed E-state index contributed by atoms with van der Waals surface area (Å²) >= 11 is 0. The van der Waals surface area contributed by atoms with Crippen LogP contribution in [0.15, 0.2) is 18.2 Å². The van der Waals surface area contributed by atoms with Gasteiger partial charge in [0.05, 0.1) is 0 Å². The number of benzene rings is 1. The maximum Gasteiger partial charge on any atom is 0.313 e. The van der Waals surface area contributed by atoms with Gasteiger partial charge in [0.2, 0.25) is 0 Å². The summed E-state index contributed by atoms with van der Waals surface area (Å²) in [6, 6.07) is 4.33. The van der Waals surface area contributed by atoms with E-state index in [0.717, 1.165) is 19.3 Å². The number of aryl methyl sites for hydroxylation is 1.